The molecule has 0 aliphatic carbocycles. The Balaban J connectivity index is 1.60. The van der Waals surface area contributed by atoms with Crippen molar-refractivity contribution in [1.29, 1.82) is 0 Å². The summed E-state index contributed by atoms with van der Waals surface area (Å²) in [5, 5.41) is 0. The second kappa shape index (κ2) is 9.34. The number of hydrogen-bond acceptors (Lipinski definition) is 4. The number of halogens is 2. The molecule has 1 amide bonds. The Bertz CT molecular complexity index is 1120. The molecule has 0 bridgehead atoms. The number of alkyl halides is 2. The van der Waals surface area contributed by atoms with E-state index in [0.29, 0.717) is 31.0 Å². The van der Waals surface area contributed by atoms with Crippen molar-refractivity contribution in [3.8, 4) is 11.6 Å². The second-order valence-corrected chi connectivity index (χ2v) is 7.78. The highest BCUT2D eigenvalue weighted by molar-refractivity contribution is 5.99. The fourth-order valence-corrected chi connectivity index (χ4v) is 3.95. The lowest BCUT2D eigenvalue weighted by molar-refractivity contribution is -0.0504. The lowest BCUT2D eigenvalue weighted by Gasteiger charge is -2.30. The molecule has 1 aromatic heterocycles. The average molecular weight is 438 g/mol. The van der Waals surface area contributed by atoms with Crippen molar-refractivity contribution in [3.63, 3.8) is 0 Å². The lowest BCUT2D eigenvalue weighted by atomic mass is 9.97. The van der Waals surface area contributed by atoms with Gasteiger partial charge >= 0.3 is 6.61 Å². The first-order valence-electron chi connectivity index (χ1n) is 10.4. The van der Waals surface area contributed by atoms with E-state index >= 15 is 0 Å². The maximum Gasteiger partial charge on any atom is 0.387 e. The number of fused-ring (bicyclic) bond motifs is 1. The Labute approximate surface area is 185 Å². The normalized spacial score (nSPS) is 13.3. The van der Waals surface area contributed by atoms with Crippen molar-refractivity contribution in [2.75, 3.05) is 6.54 Å². The van der Waals surface area contributed by atoms with E-state index in [-0.39, 0.29) is 23.8 Å². The minimum absolute atomic E-state index is 0.0912. The third-order valence-electron chi connectivity index (χ3n) is 5.49. The van der Waals surface area contributed by atoms with Crippen molar-refractivity contribution >= 4 is 5.91 Å². The Kier molecular flexibility index (Phi) is 6.35. The van der Waals surface area contributed by atoms with Crippen LogP contribution >= 0.6 is 0 Å². The molecular formula is C25H24F2N2O3. The number of carbonyl (C=O) groups is 1. The summed E-state index contributed by atoms with van der Waals surface area (Å²) in [5.41, 5.74) is 4.49. The highest BCUT2D eigenvalue weighted by Gasteiger charge is 2.30. The number of rotatable bonds is 7. The molecule has 0 fully saturated rings. The van der Waals surface area contributed by atoms with E-state index in [9.17, 15) is 13.6 Å². The van der Waals surface area contributed by atoms with Crippen molar-refractivity contribution < 1.29 is 23.0 Å². The monoisotopic (exact) mass is 438 g/mol. The molecular weight excluding hydrogens is 414 g/mol. The third-order valence-corrected chi connectivity index (χ3v) is 5.49. The number of amides is 1. The molecule has 0 radical (unpaired) electrons. The summed E-state index contributed by atoms with van der Waals surface area (Å²) in [5.74, 6) is 0.0463. The number of ether oxygens (including phenoxy) is 2. The highest BCUT2D eigenvalue weighted by atomic mass is 19.3. The topological polar surface area (TPSA) is 51.7 Å². The molecule has 32 heavy (non-hydrogen) atoms. The Morgan fingerprint density at radius 3 is 2.62 bits per heavy atom. The summed E-state index contributed by atoms with van der Waals surface area (Å²) >= 11 is 0. The summed E-state index contributed by atoms with van der Waals surface area (Å²) in [6.45, 7) is 1.94. The van der Waals surface area contributed by atoms with Gasteiger partial charge in [-0.1, -0.05) is 42.5 Å². The third kappa shape index (κ3) is 4.72. The summed E-state index contributed by atoms with van der Waals surface area (Å²) < 4.78 is 36.4. The van der Waals surface area contributed by atoms with E-state index in [1.165, 1.54) is 6.07 Å². The van der Waals surface area contributed by atoms with E-state index in [2.05, 4.69) is 9.72 Å². The Hall–Kier alpha value is -3.48. The fourth-order valence-electron chi connectivity index (χ4n) is 3.95. The molecule has 1 aliphatic heterocycles. The molecule has 0 spiro atoms. The SMILES string of the molecule is Cc1cc(C)c(CN2CCc3cccc(OC(F)F)c3C2=O)c(OCc2ccccc2)n1. The molecule has 0 saturated carbocycles. The average Bonchev–Trinajstić information content (AvgIpc) is 2.76. The summed E-state index contributed by atoms with van der Waals surface area (Å²) in [4.78, 5) is 19.4. The van der Waals surface area contributed by atoms with E-state index < -0.39 is 6.61 Å². The number of aromatic nitrogens is 1. The molecule has 1 aliphatic rings. The largest absolute Gasteiger partial charge is 0.473 e. The van der Waals surface area contributed by atoms with E-state index in [1.807, 2.05) is 50.2 Å². The molecule has 2 aromatic carbocycles. The molecule has 2 heterocycles. The van der Waals surface area contributed by atoms with Gasteiger partial charge in [0.15, 0.2) is 0 Å². The Morgan fingerprint density at radius 2 is 1.88 bits per heavy atom. The molecule has 0 unspecified atom stereocenters. The van der Waals surface area contributed by atoms with E-state index in [1.54, 1.807) is 17.0 Å². The molecule has 3 aromatic rings. The van der Waals surface area contributed by atoms with Gasteiger partial charge in [-0.05, 0) is 49.1 Å². The van der Waals surface area contributed by atoms with Gasteiger partial charge in [-0.15, -0.1) is 0 Å². The van der Waals surface area contributed by atoms with Gasteiger partial charge < -0.3 is 14.4 Å². The Morgan fingerprint density at radius 1 is 1.09 bits per heavy atom. The summed E-state index contributed by atoms with van der Waals surface area (Å²) in [7, 11) is 0. The minimum atomic E-state index is -2.99. The second-order valence-electron chi connectivity index (χ2n) is 7.78. The highest BCUT2D eigenvalue weighted by Crippen LogP contribution is 2.32. The molecule has 4 rings (SSSR count). The van der Waals surface area contributed by atoms with Crippen LogP contribution in [0.3, 0.4) is 0 Å². The van der Waals surface area contributed by atoms with Crippen LogP contribution in [-0.4, -0.2) is 28.9 Å². The zero-order valence-electron chi connectivity index (χ0n) is 18.0. The van der Waals surface area contributed by atoms with Crippen LogP contribution in [0.25, 0.3) is 0 Å². The smallest absolute Gasteiger partial charge is 0.387 e. The van der Waals surface area contributed by atoms with Crippen LogP contribution in [0.5, 0.6) is 11.6 Å². The zero-order chi connectivity index (χ0) is 22.7. The van der Waals surface area contributed by atoms with Gasteiger partial charge in [0, 0.05) is 17.8 Å². The lowest BCUT2D eigenvalue weighted by Crippen LogP contribution is -2.37. The van der Waals surface area contributed by atoms with Crippen molar-refractivity contribution in [1.82, 2.24) is 9.88 Å². The maximum atomic E-state index is 13.2. The van der Waals surface area contributed by atoms with Crippen LogP contribution in [0.15, 0.2) is 54.6 Å². The van der Waals surface area contributed by atoms with Crippen LogP contribution in [0.2, 0.25) is 0 Å². The first-order chi connectivity index (χ1) is 15.4. The van der Waals surface area contributed by atoms with E-state index in [0.717, 1.165) is 22.4 Å². The van der Waals surface area contributed by atoms with Crippen molar-refractivity contribution in [2.24, 2.45) is 0 Å². The number of aryl methyl sites for hydroxylation is 2. The van der Waals surface area contributed by atoms with E-state index in [4.69, 9.17) is 4.74 Å². The van der Waals surface area contributed by atoms with Crippen LogP contribution < -0.4 is 9.47 Å². The van der Waals surface area contributed by atoms with Gasteiger partial charge in [-0.25, -0.2) is 4.98 Å². The van der Waals surface area contributed by atoms with Gasteiger partial charge in [0.2, 0.25) is 5.88 Å². The molecule has 7 heteroatoms. The maximum absolute atomic E-state index is 13.2. The van der Waals surface area contributed by atoms with Gasteiger partial charge in [0.1, 0.15) is 12.4 Å². The van der Waals surface area contributed by atoms with Gasteiger partial charge in [-0.3, -0.25) is 4.79 Å². The molecule has 0 saturated heterocycles. The number of pyridine rings is 1. The predicted octanol–water partition coefficient (Wildman–Crippen LogP) is 5.08. The molecule has 166 valence electrons. The summed E-state index contributed by atoms with van der Waals surface area (Å²) in [6, 6.07) is 16.5. The van der Waals surface area contributed by atoms with Crippen molar-refractivity contribution in [2.45, 2.75) is 40.0 Å². The number of nitrogens with zero attached hydrogens (tertiary/aromatic N) is 2. The molecule has 5 nitrogen and oxygen atoms in total. The van der Waals surface area contributed by atoms with Gasteiger partial charge in [0.25, 0.3) is 5.91 Å². The fraction of sp³-hybridized carbons (Fsp3) is 0.280. The summed E-state index contributed by atoms with van der Waals surface area (Å²) in [6.07, 6.45) is 0.556. The minimum Gasteiger partial charge on any atom is -0.473 e. The first-order valence-corrected chi connectivity index (χ1v) is 10.4. The van der Waals surface area contributed by atoms with Crippen molar-refractivity contribution in [3.05, 3.63) is 88.1 Å². The number of hydrogen-bond donors (Lipinski definition) is 0. The van der Waals surface area contributed by atoms with Gasteiger partial charge in [-0.2, -0.15) is 8.78 Å². The van der Waals surface area contributed by atoms with Crippen LogP contribution in [0, 0.1) is 13.8 Å². The van der Waals surface area contributed by atoms with Crippen LogP contribution in [0.1, 0.15) is 38.3 Å². The number of benzene rings is 2. The molecule has 0 N–H and O–H groups in total. The van der Waals surface area contributed by atoms with Gasteiger partial charge in [0.05, 0.1) is 12.1 Å². The van der Waals surface area contributed by atoms with Crippen LogP contribution in [-0.2, 0) is 19.6 Å². The number of carbonyl (C=O) groups excluding carboxylic acids is 1. The molecule has 0 atom stereocenters. The quantitative estimate of drug-likeness (QED) is 0.516. The van der Waals surface area contributed by atoms with Crippen LogP contribution in [0.4, 0.5) is 8.78 Å². The zero-order valence-corrected chi connectivity index (χ0v) is 18.0. The standard InChI is InChI=1S/C25H24F2N2O3/c1-16-13-17(2)28-23(31-15-18-7-4-3-5-8-18)20(16)14-29-12-11-19-9-6-10-21(32-25(26)27)22(19)24(29)30/h3-10,13,25H,11-12,14-15H2,1-2H3. The predicted molar refractivity (Wildman–Crippen MR) is 116 cm³/mol. The first kappa shape index (κ1) is 21.7.